The minimum absolute atomic E-state index is 0.257. The highest BCUT2D eigenvalue weighted by atomic mass is 16.5. The molecular formula is C7H6N2O. The fourth-order valence-electron chi connectivity index (χ4n) is 0.485. The van der Waals surface area contributed by atoms with Crippen LogP contribution in [0.5, 0.6) is 5.75 Å². The van der Waals surface area contributed by atoms with Gasteiger partial charge in [-0.3, -0.25) is 0 Å². The number of rotatable bonds is 2. The summed E-state index contributed by atoms with van der Waals surface area (Å²) in [6, 6.07) is 0. The molecule has 3 nitrogen and oxygen atoms in total. The standard InChI is InChI=1S/C7H6N2O/c1-2-3-10-7-4-8-6-9-5-7/h1,4-6H,3H2. The molecule has 10 heavy (non-hydrogen) atoms. The third-order valence-electron chi connectivity index (χ3n) is 0.859. The molecule has 0 N–H and O–H groups in total. The van der Waals surface area contributed by atoms with Crippen molar-refractivity contribution in [1.29, 1.82) is 0 Å². The van der Waals surface area contributed by atoms with E-state index in [9.17, 15) is 0 Å². The first kappa shape index (κ1) is 6.56. The maximum absolute atomic E-state index is 4.99. The van der Waals surface area contributed by atoms with Gasteiger partial charge in [0.05, 0.1) is 12.4 Å². The first-order chi connectivity index (χ1) is 4.93. The van der Waals surface area contributed by atoms with E-state index in [1.54, 1.807) is 12.4 Å². The van der Waals surface area contributed by atoms with Crippen LogP contribution in [0.3, 0.4) is 0 Å². The summed E-state index contributed by atoms with van der Waals surface area (Å²) >= 11 is 0. The molecule has 0 fully saturated rings. The van der Waals surface area contributed by atoms with Crippen LogP contribution in [0.25, 0.3) is 0 Å². The highest BCUT2D eigenvalue weighted by Gasteiger charge is 1.87. The summed E-state index contributed by atoms with van der Waals surface area (Å²) in [5.41, 5.74) is 0. The predicted molar refractivity (Wildman–Crippen MR) is 36.4 cm³/mol. The lowest BCUT2D eigenvalue weighted by atomic mass is 10.6. The molecule has 3 heteroatoms. The van der Waals surface area contributed by atoms with Crippen molar-refractivity contribution in [2.24, 2.45) is 0 Å². The molecule has 0 radical (unpaired) electrons. The second-order valence-electron chi connectivity index (χ2n) is 1.57. The number of nitrogens with zero attached hydrogens (tertiary/aromatic N) is 2. The van der Waals surface area contributed by atoms with Crippen molar-refractivity contribution in [3.63, 3.8) is 0 Å². The van der Waals surface area contributed by atoms with Crippen molar-refractivity contribution in [3.8, 4) is 18.1 Å². The summed E-state index contributed by atoms with van der Waals surface area (Å²) in [6.07, 6.45) is 9.51. The van der Waals surface area contributed by atoms with E-state index < -0.39 is 0 Å². The molecule has 1 aromatic heterocycles. The molecule has 1 rings (SSSR count). The molecule has 0 aliphatic rings. The van der Waals surface area contributed by atoms with E-state index in [0.717, 1.165) is 0 Å². The first-order valence-corrected chi connectivity index (χ1v) is 2.75. The Bertz CT molecular complexity index is 227. The quantitative estimate of drug-likeness (QED) is 0.552. The van der Waals surface area contributed by atoms with Crippen molar-refractivity contribution < 1.29 is 4.74 Å². The summed E-state index contributed by atoms with van der Waals surface area (Å²) in [6.45, 7) is 0.257. The van der Waals surface area contributed by atoms with Crippen LogP contribution in [-0.4, -0.2) is 16.6 Å². The summed E-state index contributed by atoms with van der Waals surface area (Å²) in [4.78, 5) is 7.47. The molecule has 0 aromatic carbocycles. The topological polar surface area (TPSA) is 35.0 Å². The molecule has 0 saturated carbocycles. The van der Waals surface area contributed by atoms with E-state index in [0.29, 0.717) is 5.75 Å². The van der Waals surface area contributed by atoms with Crippen LogP contribution in [0.15, 0.2) is 18.7 Å². The van der Waals surface area contributed by atoms with E-state index in [1.165, 1.54) is 6.33 Å². The maximum atomic E-state index is 4.99. The van der Waals surface area contributed by atoms with Gasteiger partial charge in [0.2, 0.25) is 0 Å². The van der Waals surface area contributed by atoms with Gasteiger partial charge in [-0.15, -0.1) is 6.42 Å². The maximum Gasteiger partial charge on any atom is 0.157 e. The van der Waals surface area contributed by atoms with Crippen LogP contribution < -0.4 is 4.74 Å². The highest BCUT2D eigenvalue weighted by molar-refractivity contribution is 5.10. The Labute approximate surface area is 59.1 Å². The molecule has 0 spiro atoms. The van der Waals surface area contributed by atoms with Gasteiger partial charge in [-0.2, -0.15) is 0 Å². The Balaban J connectivity index is 2.52. The van der Waals surface area contributed by atoms with Gasteiger partial charge in [0.15, 0.2) is 5.75 Å². The predicted octanol–water partition coefficient (Wildman–Crippen LogP) is 0.489. The fraction of sp³-hybridized carbons (Fsp3) is 0.143. The Hall–Kier alpha value is -1.56. The molecular weight excluding hydrogens is 128 g/mol. The molecule has 0 amide bonds. The van der Waals surface area contributed by atoms with E-state index in [-0.39, 0.29) is 6.61 Å². The Morgan fingerprint density at radius 3 is 2.80 bits per heavy atom. The van der Waals surface area contributed by atoms with Gasteiger partial charge >= 0.3 is 0 Å². The zero-order valence-corrected chi connectivity index (χ0v) is 5.32. The lowest BCUT2D eigenvalue weighted by Crippen LogP contribution is -1.93. The fourth-order valence-corrected chi connectivity index (χ4v) is 0.485. The zero-order chi connectivity index (χ0) is 7.23. The molecule has 50 valence electrons. The Morgan fingerprint density at radius 2 is 2.20 bits per heavy atom. The zero-order valence-electron chi connectivity index (χ0n) is 5.32. The van der Waals surface area contributed by atoms with Gasteiger partial charge in [-0.25, -0.2) is 9.97 Å². The monoisotopic (exact) mass is 134 g/mol. The SMILES string of the molecule is C#CCOc1cncnc1. The first-order valence-electron chi connectivity index (χ1n) is 2.75. The van der Waals surface area contributed by atoms with Crippen LogP contribution in [0.1, 0.15) is 0 Å². The normalized spacial score (nSPS) is 8.30. The minimum Gasteiger partial charge on any atom is -0.478 e. The third-order valence-corrected chi connectivity index (χ3v) is 0.859. The van der Waals surface area contributed by atoms with Gasteiger partial charge in [-0.05, 0) is 0 Å². The van der Waals surface area contributed by atoms with Crippen LogP contribution in [-0.2, 0) is 0 Å². The van der Waals surface area contributed by atoms with Crippen LogP contribution in [0, 0.1) is 12.3 Å². The van der Waals surface area contributed by atoms with Crippen molar-refractivity contribution in [3.05, 3.63) is 18.7 Å². The molecule has 0 bridgehead atoms. The molecule has 1 aromatic rings. The average Bonchev–Trinajstić information content (AvgIpc) is 2.03. The summed E-state index contributed by atoms with van der Waals surface area (Å²) in [5, 5.41) is 0. The molecule has 0 aliphatic heterocycles. The molecule has 1 heterocycles. The van der Waals surface area contributed by atoms with E-state index in [2.05, 4.69) is 15.9 Å². The largest absolute Gasteiger partial charge is 0.478 e. The number of ether oxygens (including phenoxy) is 1. The number of terminal acetylenes is 1. The van der Waals surface area contributed by atoms with E-state index >= 15 is 0 Å². The number of hydrogen-bond acceptors (Lipinski definition) is 3. The summed E-state index contributed by atoms with van der Waals surface area (Å²) in [5.74, 6) is 2.94. The summed E-state index contributed by atoms with van der Waals surface area (Å²) < 4.78 is 4.99. The van der Waals surface area contributed by atoms with Crippen molar-refractivity contribution >= 4 is 0 Å². The van der Waals surface area contributed by atoms with E-state index in [1.807, 2.05) is 0 Å². The van der Waals surface area contributed by atoms with Crippen molar-refractivity contribution in [2.75, 3.05) is 6.61 Å². The molecule has 0 aliphatic carbocycles. The lowest BCUT2D eigenvalue weighted by molar-refractivity contribution is 0.367. The third kappa shape index (κ3) is 1.75. The van der Waals surface area contributed by atoms with Crippen molar-refractivity contribution in [1.82, 2.24) is 9.97 Å². The van der Waals surface area contributed by atoms with Crippen LogP contribution in [0.2, 0.25) is 0 Å². The van der Waals surface area contributed by atoms with Gasteiger partial charge < -0.3 is 4.74 Å². The molecule has 0 saturated heterocycles. The Kier molecular flexibility index (Phi) is 2.27. The highest BCUT2D eigenvalue weighted by Crippen LogP contribution is 2.02. The van der Waals surface area contributed by atoms with E-state index in [4.69, 9.17) is 11.2 Å². The number of aromatic nitrogens is 2. The average molecular weight is 134 g/mol. The lowest BCUT2D eigenvalue weighted by Gasteiger charge is -1.97. The second-order valence-corrected chi connectivity index (χ2v) is 1.57. The summed E-state index contributed by atoms with van der Waals surface area (Å²) in [7, 11) is 0. The van der Waals surface area contributed by atoms with Gasteiger partial charge in [0.1, 0.15) is 12.9 Å². The smallest absolute Gasteiger partial charge is 0.157 e. The Morgan fingerprint density at radius 1 is 1.50 bits per heavy atom. The second kappa shape index (κ2) is 3.46. The van der Waals surface area contributed by atoms with Gasteiger partial charge in [0, 0.05) is 0 Å². The van der Waals surface area contributed by atoms with Gasteiger partial charge in [0.25, 0.3) is 0 Å². The minimum atomic E-state index is 0.257. The molecule has 0 atom stereocenters. The van der Waals surface area contributed by atoms with Crippen molar-refractivity contribution in [2.45, 2.75) is 0 Å². The van der Waals surface area contributed by atoms with Crippen LogP contribution in [0.4, 0.5) is 0 Å². The number of hydrogen-bond donors (Lipinski definition) is 0. The molecule has 0 unspecified atom stereocenters. The van der Waals surface area contributed by atoms with Crippen LogP contribution >= 0.6 is 0 Å². The van der Waals surface area contributed by atoms with Gasteiger partial charge in [-0.1, -0.05) is 5.92 Å².